The number of benzene rings is 2. The van der Waals surface area contributed by atoms with Gasteiger partial charge >= 0.3 is 12.2 Å². The standard InChI is InChI=1S/C20H18F3N3O3/c21-20(22,23)14-6-2-3-7-15(14)24-18(28)26-11-9-19(10-12-26)25-17(27)13-5-1-4-8-16(13)29-19/h1-8H,9-12H2,(H,24,28)(H,25,27). The number of urea groups is 1. The lowest BCUT2D eigenvalue weighted by Crippen LogP contribution is -2.61. The minimum atomic E-state index is -4.57. The summed E-state index contributed by atoms with van der Waals surface area (Å²) in [6.07, 6.45) is -3.92. The minimum absolute atomic E-state index is 0.225. The maximum absolute atomic E-state index is 13.1. The van der Waals surface area contributed by atoms with E-state index in [1.54, 1.807) is 24.3 Å². The molecule has 2 aromatic carbocycles. The Morgan fingerprint density at radius 3 is 2.45 bits per heavy atom. The largest absolute Gasteiger partial charge is 0.467 e. The van der Waals surface area contributed by atoms with Gasteiger partial charge in [-0.05, 0) is 24.3 Å². The molecule has 6 nitrogen and oxygen atoms in total. The Kier molecular flexibility index (Phi) is 4.60. The predicted octanol–water partition coefficient (Wildman–Crippen LogP) is 3.85. The number of amides is 3. The third-order valence-corrected chi connectivity index (χ3v) is 5.11. The number of para-hydroxylation sites is 2. The normalized spacial score (nSPS) is 17.9. The number of hydrogen-bond donors (Lipinski definition) is 2. The molecule has 4 rings (SSSR count). The fraction of sp³-hybridized carbons (Fsp3) is 0.300. The van der Waals surface area contributed by atoms with Crippen LogP contribution in [0.2, 0.25) is 0 Å². The second kappa shape index (κ2) is 6.98. The first-order valence-electron chi connectivity index (χ1n) is 9.10. The molecule has 0 atom stereocenters. The number of rotatable bonds is 1. The average molecular weight is 405 g/mol. The van der Waals surface area contributed by atoms with Gasteiger partial charge in [0.05, 0.1) is 16.8 Å². The molecule has 3 amide bonds. The highest BCUT2D eigenvalue weighted by atomic mass is 19.4. The maximum atomic E-state index is 13.1. The van der Waals surface area contributed by atoms with Crippen molar-refractivity contribution in [2.24, 2.45) is 0 Å². The zero-order valence-electron chi connectivity index (χ0n) is 15.3. The van der Waals surface area contributed by atoms with Gasteiger partial charge in [-0.3, -0.25) is 4.79 Å². The van der Waals surface area contributed by atoms with E-state index in [2.05, 4.69) is 10.6 Å². The van der Waals surface area contributed by atoms with Gasteiger partial charge in [-0.25, -0.2) is 4.79 Å². The Balaban J connectivity index is 1.43. The Morgan fingerprint density at radius 1 is 1.07 bits per heavy atom. The highest BCUT2D eigenvalue weighted by Gasteiger charge is 2.43. The summed E-state index contributed by atoms with van der Waals surface area (Å²) in [6, 6.07) is 11.1. The van der Waals surface area contributed by atoms with E-state index in [4.69, 9.17) is 4.74 Å². The summed E-state index contributed by atoms with van der Waals surface area (Å²) >= 11 is 0. The topological polar surface area (TPSA) is 70.7 Å². The minimum Gasteiger partial charge on any atom is -0.467 e. The van der Waals surface area contributed by atoms with E-state index in [9.17, 15) is 22.8 Å². The molecule has 2 N–H and O–H groups in total. The molecule has 2 aliphatic heterocycles. The van der Waals surface area contributed by atoms with Gasteiger partial charge in [-0.2, -0.15) is 13.2 Å². The number of alkyl halides is 3. The van der Waals surface area contributed by atoms with Gasteiger partial charge in [0.1, 0.15) is 5.75 Å². The third-order valence-electron chi connectivity index (χ3n) is 5.11. The Labute approximate surface area is 164 Å². The van der Waals surface area contributed by atoms with Crippen LogP contribution in [0.15, 0.2) is 48.5 Å². The number of anilines is 1. The number of ether oxygens (including phenoxy) is 1. The molecule has 2 heterocycles. The number of nitrogens with zero attached hydrogens (tertiary/aromatic N) is 1. The van der Waals surface area contributed by atoms with Crippen LogP contribution in [0, 0.1) is 0 Å². The lowest BCUT2D eigenvalue weighted by molar-refractivity contribution is -0.136. The number of carbonyl (C=O) groups excluding carboxylic acids is 2. The monoisotopic (exact) mass is 405 g/mol. The van der Waals surface area contributed by atoms with E-state index in [1.165, 1.54) is 23.1 Å². The fourth-order valence-electron chi connectivity index (χ4n) is 3.59. The maximum Gasteiger partial charge on any atom is 0.418 e. The quantitative estimate of drug-likeness (QED) is 0.757. The number of fused-ring (bicyclic) bond motifs is 1. The summed E-state index contributed by atoms with van der Waals surface area (Å²) in [7, 11) is 0. The molecule has 0 aromatic heterocycles. The molecule has 0 unspecified atom stereocenters. The SMILES string of the molecule is O=C1NC2(CCN(C(=O)Nc3ccccc3C(F)(F)F)CC2)Oc2ccccc21. The smallest absolute Gasteiger partial charge is 0.418 e. The van der Waals surface area contributed by atoms with Crippen molar-refractivity contribution in [2.45, 2.75) is 24.7 Å². The van der Waals surface area contributed by atoms with Crippen molar-refractivity contribution < 1.29 is 27.5 Å². The number of halogens is 3. The first kappa shape index (κ1) is 19.1. The molecule has 1 fully saturated rings. The van der Waals surface area contributed by atoms with E-state index in [0.717, 1.165) is 6.07 Å². The Hall–Kier alpha value is -3.23. The van der Waals surface area contributed by atoms with Crippen molar-refractivity contribution in [3.8, 4) is 5.75 Å². The molecular formula is C20H18F3N3O3. The molecule has 0 aliphatic carbocycles. The number of carbonyl (C=O) groups is 2. The van der Waals surface area contributed by atoms with Crippen LogP contribution in [0.1, 0.15) is 28.8 Å². The van der Waals surface area contributed by atoms with Crippen molar-refractivity contribution in [3.05, 3.63) is 59.7 Å². The summed E-state index contributed by atoms with van der Waals surface area (Å²) < 4.78 is 45.3. The van der Waals surface area contributed by atoms with Gasteiger partial charge in [0.2, 0.25) is 0 Å². The van der Waals surface area contributed by atoms with Gasteiger partial charge in [-0.15, -0.1) is 0 Å². The molecule has 29 heavy (non-hydrogen) atoms. The van der Waals surface area contributed by atoms with Crippen molar-refractivity contribution >= 4 is 17.6 Å². The van der Waals surface area contributed by atoms with E-state index in [-0.39, 0.29) is 24.7 Å². The van der Waals surface area contributed by atoms with Gasteiger partial charge in [0.25, 0.3) is 5.91 Å². The van der Waals surface area contributed by atoms with E-state index in [0.29, 0.717) is 24.2 Å². The van der Waals surface area contributed by atoms with Crippen LogP contribution < -0.4 is 15.4 Å². The van der Waals surface area contributed by atoms with Gasteiger partial charge < -0.3 is 20.3 Å². The second-order valence-corrected chi connectivity index (χ2v) is 7.01. The highest BCUT2D eigenvalue weighted by Crippen LogP contribution is 2.36. The molecule has 0 radical (unpaired) electrons. The molecule has 152 valence electrons. The molecule has 0 saturated carbocycles. The summed E-state index contributed by atoms with van der Waals surface area (Å²) in [4.78, 5) is 26.3. The van der Waals surface area contributed by atoms with Crippen molar-refractivity contribution in [1.29, 1.82) is 0 Å². The van der Waals surface area contributed by atoms with E-state index >= 15 is 0 Å². The zero-order valence-corrected chi connectivity index (χ0v) is 15.3. The molecule has 1 saturated heterocycles. The summed E-state index contributed by atoms with van der Waals surface area (Å²) in [5, 5.41) is 5.20. The van der Waals surface area contributed by atoms with E-state index < -0.39 is 23.5 Å². The van der Waals surface area contributed by atoms with Crippen LogP contribution in [0.5, 0.6) is 5.75 Å². The highest BCUT2D eigenvalue weighted by molar-refractivity contribution is 5.98. The molecule has 9 heteroatoms. The van der Waals surface area contributed by atoms with Crippen LogP contribution in [0.25, 0.3) is 0 Å². The van der Waals surface area contributed by atoms with Crippen molar-refractivity contribution in [2.75, 3.05) is 18.4 Å². The lowest BCUT2D eigenvalue weighted by Gasteiger charge is -2.44. The average Bonchev–Trinajstić information content (AvgIpc) is 2.68. The van der Waals surface area contributed by atoms with Gasteiger partial charge in [-0.1, -0.05) is 24.3 Å². The first-order chi connectivity index (χ1) is 13.8. The Morgan fingerprint density at radius 2 is 1.72 bits per heavy atom. The summed E-state index contributed by atoms with van der Waals surface area (Å²) in [6.45, 7) is 0.449. The van der Waals surface area contributed by atoms with Crippen LogP contribution in [-0.4, -0.2) is 35.7 Å². The molecule has 2 aromatic rings. The predicted molar refractivity (Wildman–Crippen MR) is 98.5 cm³/mol. The van der Waals surface area contributed by atoms with Crippen LogP contribution in [0.3, 0.4) is 0 Å². The van der Waals surface area contributed by atoms with Crippen LogP contribution in [0.4, 0.5) is 23.7 Å². The van der Waals surface area contributed by atoms with Gasteiger partial charge in [0, 0.05) is 25.9 Å². The van der Waals surface area contributed by atoms with Gasteiger partial charge in [0.15, 0.2) is 5.72 Å². The number of nitrogens with one attached hydrogen (secondary N) is 2. The fourth-order valence-corrected chi connectivity index (χ4v) is 3.59. The molecule has 0 bridgehead atoms. The van der Waals surface area contributed by atoms with Crippen molar-refractivity contribution in [1.82, 2.24) is 10.2 Å². The molecule has 2 aliphatic rings. The Bertz CT molecular complexity index is 953. The third kappa shape index (κ3) is 3.72. The van der Waals surface area contributed by atoms with E-state index in [1.807, 2.05) is 0 Å². The summed E-state index contributed by atoms with van der Waals surface area (Å²) in [5.41, 5.74) is -1.67. The number of piperidine rings is 1. The first-order valence-corrected chi connectivity index (χ1v) is 9.10. The zero-order chi connectivity index (χ0) is 20.6. The second-order valence-electron chi connectivity index (χ2n) is 7.01. The summed E-state index contributed by atoms with van der Waals surface area (Å²) in [5.74, 6) is 0.233. The van der Waals surface area contributed by atoms with Crippen LogP contribution in [-0.2, 0) is 6.18 Å². The lowest BCUT2D eigenvalue weighted by atomic mass is 9.97. The van der Waals surface area contributed by atoms with Crippen LogP contribution >= 0.6 is 0 Å². The number of hydrogen-bond acceptors (Lipinski definition) is 3. The molecular weight excluding hydrogens is 387 g/mol. The number of likely N-dealkylation sites (tertiary alicyclic amines) is 1. The van der Waals surface area contributed by atoms with Crippen molar-refractivity contribution in [3.63, 3.8) is 0 Å². The molecule has 1 spiro atoms.